The monoisotopic (exact) mass is 385 g/mol. The first-order chi connectivity index (χ1) is 13.2. The average Bonchev–Trinajstić information content (AvgIpc) is 3.24. The predicted octanol–water partition coefficient (Wildman–Crippen LogP) is 4.90. The minimum Gasteiger partial charge on any atom is -0.369 e. The number of likely N-dealkylation sites (N-methyl/N-ethyl adjacent to an activating group) is 1. The lowest BCUT2D eigenvalue weighted by molar-refractivity contribution is 0.271. The molecule has 1 aromatic heterocycles. The number of nitrogens with zero attached hydrogens (tertiary/aromatic N) is 3. The lowest BCUT2D eigenvalue weighted by Crippen LogP contribution is -2.46. The third-order valence-corrected chi connectivity index (χ3v) is 5.71. The van der Waals surface area contributed by atoms with E-state index in [1.807, 2.05) is 24.3 Å². The van der Waals surface area contributed by atoms with Gasteiger partial charge in [-0.15, -0.1) is 11.3 Å². The van der Waals surface area contributed by atoms with Gasteiger partial charge in [0.2, 0.25) is 0 Å². The van der Waals surface area contributed by atoms with Gasteiger partial charge in [0.1, 0.15) is 11.6 Å². The molecule has 1 aliphatic heterocycles. The average molecular weight is 385 g/mol. The van der Waals surface area contributed by atoms with E-state index in [0.717, 1.165) is 38.4 Å². The summed E-state index contributed by atoms with van der Waals surface area (Å²) < 4.78 is 29.1. The van der Waals surface area contributed by atoms with Crippen molar-refractivity contribution in [3.05, 3.63) is 58.9 Å². The van der Waals surface area contributed by atoms with Crippen molar-refractivity contribution in [2.45, 2.75) is 6.92 Å². The molecule has 2 aromatic carbocycles. The lowest BCUT2D eigenvalue weighted by atomic mass is 10.0. The van der Waals surface area contributed by atoms with Gasteiger partial charge < -0.3 is 9.80 Å². The van der Waals surface area contributed by atoms with Crippen molar-refractivity contribution in [3.63, 3.8) is 0 Å². The molecule has 0 radical (unpaired) electrons. The molecule has 27 heavy (non-hydrogen) atoms. The number of anilines is 1. The summed E-state index contributed by atoms with van der Waals surface area (Å²) in [6, 6.07) is 10.2. The molecule has 0 aliphatic carbocycles. The van der Waals surface area contributed by atoms with Gasteiger partial charge in [0, 0.05) is 48.4 Å². The van der Waals surface area contributed by atoms with Crippen molar-refractivity contribution in [1.29, 1.82) is 0 Å². The lowest BCUT2D eigenvalue weighted by Gasteiger charge is -2.35. The zero-order valence-electron chi connectivity index (χ0n) is 15.2. The summed E-state index contributed by atoms with van der Waals surface area (Å²) in [5, 5.41) is 1.71. The summed E-state index contributed by atoms with van der Waals surface area (Å²) in [6.45, 7) is 7.33. The highest BCUT2D eigenvalue weighted by molar-refractivity contribution is 7.07. The van der Waals surface area contributed by atoms with Gasteiger partial charge in [0.15, 0.2) is 0 Å². The Balaban J connectivity index is 1.56. The molecule has 3 aromatic rings. The Morgan fingerprint density at radius 3 is 2.26 bits per heavy atom. The van der Waals surface area contributed by atoms with Crippen molar-refractivity contribution in [2.75, 3.05) is 37.6 Å². The Bertz CT molecular complexity index is 902. The van der Waals surface area contributed by atoms with Gasteiger partial charge >= 0.3 is 0 Å². The van der Waals surface area contributed by atoms with Crippen LogP contribution in [-0.4, -0.2) is 42.6 Å². The molecule has 1 fully saturated rings. The maximum atomic E-state index is 14.6. The fraction of sp³-hybridized carbons (Fsp3) is 0.286. The number of halogens is 2. The molecule has 0 N–H and O–H groups in total. The molecule has 6 heteroatoms. The van der Waals surface area contributed by atoms with Gasteiger partial charge in [0.25, 0.3) is 0 Å². The number of hydrogen-bond donors (Lipinski definition) is 0. The van der Waals surface area contributed by atoms with E-state index in [2.05, 4.69) is 21.7 Å². The molecular formula is C21H21F2N3S. The molecule has 0 saturated carbocycles. The van der Waals surface area contributed by atoms with E-state index in [4.69, 9.17) is 0 Å². The van der Waals surface area contributed by atoms with E-state index in [9.17, 15) is 8.78 Å². The molecule has 0 spiro atoms. The van der Waals surface area contributed by atoms with Crippen molar-refractivity contribution < 1.29 is 8.78 Å². The van der Waals surface area contributed by atoms with E-state index in [1.165, 1.54) is 23.5 Å². The molecule has 140 valence electrons. The van der Waals surface area contributed by atoms with E-state index in [-0.39, 0.29) is 11.1 Å². The standard InChI is InChI=1S/C21H21F2N3S/c1-2-25-7-9-26(10-8-25)16-5-3-15(4-6-16)17-11-20(23)18(12-19(17)22)21-13-27-14-24-21/h3-6,11-14H,2,7-10H2,1H3. The Hall–Kier alpha value is -2.31. The molecule has 3 nitrogen and oxygen atoms in total. The number of piperazine rings is 1. The van der Waals surface area contributed by atoms with Crippen LogP contribution in [0.4, 0.5) is 14.5 Å². The largest absolute Gasteiger partial charge is 0.369 e. The van der Waals surface area contributed by atoms with E-state index >= 15 is 0 Å². The van der Waals surface area contributed by atoms with E-state index < -0.39 is 11.6 Å². The van der Waals surface area contributed by atoms with Crippen LogP contribution < -0.4 is 4.90 Å². The number of thiazole rings is 1. The van der Waals surface area contributed by atoms with Crippen molar-refractivity contribution in [2.24, 2.45) is 0 Å². The SMILES string of the molecule is CCN1CCN(c2ccc(-c3cc(F)c(-c4cscn4)cc3F)cc2)CC1. The van der Waals surface area contributed by atoms with Gasteiger partial charge in [0.05, 0.1) is 11.2 Å². The zero-order chi connectivity index (χ0) is 18.8. The highest BCUT2D eigenvalue weighted by Crippen LogP contribution is 2.31. The second-order valence-electron chi connectivity index (χ2n) is 6.65. The summed E-state index contributed by atoms with van der Waals surface area (Å²) >= 11 is 1.36. The number of benzene rings is 2. The van der Waals surface area contributed by atoms with Gasteiger partial charge in [-0.3, -0.25) is 0 Å². The Morgan fingerprint density at radius 2 is 1.63 bits per heavy atom. The fourth-order valence-corrected chi connectivity index (χ4v) is 4.04. The summed E-state index contributed by atoms with van der Waals surface area (Å²) in [5.74, 6) is -0.902. The van der Waals surface area contributed by atoms with Crippen molar-refractivity contribution in [1.82, 2.24) is 9.88 Å². The second kappa shape index (κ2) is 7.74. The normalized spacial score (nSPS) is 15.3. The number of rotatable bonds is 4. The van der Waals surface area contributed by atoms with Gasteiger partial charge in [-0.25, -0.2) is 13.8 Å². The maximum absolute atomic E-state index is 14.6. The summed E-state index contributed by atoms with van der Waals surface area (Å²) in [5.41, 5.74) is 4.34. The molecule has 1 aliphatic rings. The van der Waals surface area contributed by atoms with Crippen LogP contribution in [0, 0.1) is 11.6 Å². The van der Waals surface area contributed by atoms with Crippen LogP contribution in [0.25, 0.3) is 22.4 Å². The summed E-state index contributed by atoms with van der Waals surface area (Å²) in [4.78, 5) is 8.82. The first-order valence-corrected chi connectivity index (χ1v) is 10.1. The van der Waals surface area contributed by atoms with Crippen LogP contribution in [0.1, 0.15) is 6.92 Å². The molecule has 0 atom stereocenters. The van der Waals surface area contributed by atoms with Crippen molar-refractivity contribution >= 4 is 17.0 Å². The molecule has 4 rings (SSSR count). The highest BCUT2D eigenvalue weighted by atomic mass is 32.1. The minimum absolute atomic E-state index is 0.197. The van der Waals surface area contributed by atoms with Crippen LogP contribution in [0.15, 0.2) is 47.3 Å². The first kappa shape index (κ1) is 18.1. The van der Waals surface area contributed by atoms with E-state index in [0.29, 0.717) is 11.3 Å². The van der Waals surface area contributed by atoms with Crippen LogP contribution in [0.3, 0.4) is 0 Å². The Labute approximate surface area is 161 Å². The van der Waals surface area contributed by atoms with Gasteiger partial charge in [-0.05, 0) is 36.4 Å². The molecule has 1 saturated heterocycles. The molecule has 0 unspecified atom stereocenters. The second-order valence-corrected chi connectivity index (χ2v) is 7.37. The minimum atomic E-state index is -0.461. The molecule has 0 bridgehead atoms. The quantitative estimate of drug-likeness (QED) is 0.637. The molecule has 2 heterocycles. The van der Waals surface area contributed by atoms with Crippen LogP contribution in [-0.2, 0) is 0 Å². The van der Waals surface area contributed by atoms with Crippen molar-refractivity contribution in [3.8, 4) is 22.4 Å². The first-order valence-electron chi connectivity index (χ1n) is 9.11. The predicted molar refractivity (Wildman–Crippen MR) is 107 cm³/mol. The molecular weight excluding hydrogens is 364 g/mol. The maximum Gasteiger partial charge on any atom is 0.133 e. The molecule has 0 amide bonds. The van der Waals surface area contributed by atoms with E-state index in [1.54, 1.807) is 10.9 Å². The number of hydrogen-bond acceptors (Lipinski definition) is 4. The third-order valence-electron chi connectivity index (χ3n) is 5.13. The summed E-state index contributed by atoms with van der Waals surface area (Å²) in [7, 11) is 0. The third kappa shape index (κ3) is 3.73. The topological polar surface area (TPSA) is 19.4 Å². The van der Waals surface area contributed by atoms with Gasteiger partial charge in [-0.1, -0.05) is 19.1 Å². The Kier molecular flexibility index (Phi) is 5.18. The Morgan fingerprint density at radius 1 is 0.963 bits per heavy atom. The zero-order valence-corrected chi connectivity index (χ0v) is 16.0. The van der Waals surface area contributed by atoms with Gasteiger partial charge in [-0.2, -0.15) is 0 Å². The summed E-state index contributed by atoms with van der Waals surface area (Å²) in [6.07, 6.45) is 0. The highest BCUT2D eigenvalue weighted by Gasteiger charge is 2.17. The number of aromatic nitrogens is 1. The fourth-order valence-electron chi connectivity index (χ4n) is 3.48. The van der Waals surface area contributed by atoms with Crippen LogP contribution >= 0.6 is 11.3 Å². The van der Waals surface area contributed by atoms with Crippen LogP contribution in [0.5, 0.6) is 0 Å². The smallest absolute Gasteiger partial charge is 0.133 e. The van der Waals surface area contributed by atoms with Crippen LogP contribution in [0.2, 0.25) is 0 Å².